The molecule has 0 aromatic heterocycles. The minimum absolute atomic E-state index is 0.0270. The van der Waals surface area contributed by atoms with Gasteiger partial charge in [-0.3, -0.25) is 4.79 Å². The molecule has 6 nitrogen and oxygen atoms in total. The number of thioether (sulfide) groups is 1. The van der Waals surface area contributed by atoms with Gasteiger partial charge in [-0.15, -0.1) is 0 Å². The van der Waals surface area contributed by atoms with Crippen LogP contribution in [-0.2, 0) is 4.79 Å². The first-order chi connectivity index (χ1) is 9.94. The molecular formula is C14H25N3O3S. The zero-order valence-electron chi connectivity index (χ0n) is 12.8. The number of nitrogens with one attached hydrogen (secondary N) is 1. The topological polar surface area (TPSA) is 72.9 Å². The van der Waals surface area contributed by atoms with E-state index in [2.05, 4.69) is 24.3 Å². The van der Waals surface area contributed by atoms with Crippen LogP contribution in [0.15, 0.2) is 0 Å². The number of hydrogen-bond acceptors (Lipinski definition) is 4. The summed E-state index contributed by atoms with van der Waals surface area (Å²) in [6.45, 7) is 1.27. The maximum Gasteiger partial charge on any atom is 0.317 e. The van der Waals surface area contributed by atoms with Gasteiger partial charge < -0.3 is 20.2 Å². The van der Waals surface area contributed by atoms with Crippen molar-refractivity contribution in [3.05, 3.63) is 0 Å². The van der Waals surface area contributed by atoms with Crippen LogP contribution in [0.1, 0.15) is 25.7 Å². The van der Waals surface area contributed by atoms with Gasteiger partial charge in [0.1, 0.15) is 0 Å². The Labute approximate surface area is 130 Å². The maximum absolute atomic E-state index is 12.4. The number of hydrogen-bond donors (Lipinski definition) is 2. The first-order valence-corrected chi connectivity index (χ1v) is 8.61. The summed E-state index contributed by atoms with van der Waals surface area (Å²) in [6, 6.07) is -0.312. The molecule has 0 aromatic carbocycles. The van der Waals surface area contributed by atoms with Gasteiger partial charge >= 0.3 is 12.0 Å². The third-order valence-electron chi connectivity index (χ3n) is 4.70. The number of carboxylic acids is 1. The van der Waals surface area contributed by atoms with Gasteiger partial charge in [-0.1, -0.05) is 0 Å². The van der Waals surface area contributed by atoms with Crippen molar-refractivity contribution in [3.63, 3.8) is 0 Å². The summed E-state index contributed by atoms with van der Waals surface area (Å²) in [6.07, 6.45) is 3.44. The second-order valence-corrected chi connectivity index (χ2v) is 7.30. The number of nitrogens with zero attached hydrogens (tertiary/aromatic N) is 2. The van der Waals surface area contributed by atoms with Crippen LogP contribution < -0.4 is 5.32 Å². The Kier molecular flexibility index (Phi) is 5.37. The summed E-state index contributed by atoms with van der Waals surface area (Å²) in [7, 11) is 4.10. The van der Waals surface area contributed by atoms with Crippen LogP contribution in [0.3, 0.4) is 0 Å². The molecule has 120 valence electrons. The SMILES string of the molecule is CN(C)C1(CNC(=O)N2CCSCC2CC(=O)O)CCC1. The number of amides is 2. The molecule has 1 atom stereocenters. The number of rotatable bonds is 5. The van der Waals surface area contributed by atoms with Crippen molar-refractivity contribution in [1.29, 1.82) is 0 Å². The third kappa shape index (κ3) is 3.83. The number of carbonyl (C=O) groups is 2. The lowest BCUT2D eigenvalue weighted by atomic mass is 9.75. The van der Waals surface area contributed by atoms with E-state index in [-0.39, 0.29) is 24.0 Å². The minimum Gasteiger partial charge on any atom is -0.481 e. The molecule has 1 aliphatic heterocycles. The van der Waals surface area contributed by atoms with E-state index < -0.39 is 5.97 Å². The van der Waals surface area contributed by atoms with Gasteiger partial charge in [0.25, 0.3) is 0 Å². The molecule has 2 N–H and O–H groups in total. The Morgan fingerprint density at radius 1 is 1.43 bits per heavy atom. The van der Waals surface area contributed by atoms with Crippen LogP contribution in [0.2, 0.25) is 0 Å². The lowest BCUT2D eigenvalue weighted by Crippen LogP contribution is -2.60. The van der Waals surface area contributed by atoms with Crippen molar-refractivity contribution >= 4 is 23.8 Å². The Hall–Kier alpha value is -0.950. The van der Waals surface area contributed by atoms with Gasteiger partial charge in [0.15, 0.2) is 0 Å². The Balaban J connectivity index is 1.90. The van der Waals surface area contributed by atoms with E-state index in [1.807, 2.05) is 0 Å². The molecule has 2 rings (SSSR count). The number of carbonyl (C=O) groups excluding carboxylic acids is 1. The zero-order chi connectivity index (χ0) is 15.5. The molecule has 21 heavy (non-hydrogen) atoms. The third-order valence-corrected chi connectivity index (χ3v) is 5.79. The molecule has 2 fully saturated rings. The molecule has 2 aliphatic rings. The molecule has 1 aliphatic carbocycles. The fourth-order valence-corrected chi connectivity index (χ4v) is 4.06. The largest absolute Gasteiger partial charge is 0.481 e. The highest BCUT2D eigenvalue weighted by Crippen LogP contribution is 2.35. The monoisotopic (exact) mass is 315 g/mol. The van der Waals surface area contributed by atoms with E-state index in [9.17, 15) is 9.59 Å². The first-order valence-electron chi connectivity index (χ1n) is 7.46. The maximum atomic E-state index is 12.4. The minimum atomic E-state index is -0.843. The van der Waals surface area contributed by atoms with E-state index in [0.29, 0.717) is 18.8 Å². The molecule has 0 spiro atoms. The van der Waals surface area contributed by atoms with Crippen LogP contribution in [0.25, 0.3) is 0 Å². The summed E-state index contributed by atoms with van der Waals surface area (Å²) in [5.41, 5.74) is 0.0858. The van der Waals surface area contributed by atoms with Crippen LogP contribution >= 0.6 is 11.8 Å². The average Bonchev–Trinajstić information content (AvgIpc) is 2.36. The van der Waals surface area contributed by atoms with Gasteiger partial charge in [-0.05, 0) is 33.4 Å². The molecule has 1 saturated heterocycles. The normalized spacial score (nSPS) is 24.5. The van der Waals surface area contributed by atoms with Gasteiger partial charge in [-0.25, -0.2) is 4.79 Å². The highest BCUT2D eigenvalue weighted by molar-refractivity contribution is 7.99. The van der Waals surface area contributed by atoms with Crippen LogP contribution in [-0.4, -0.2) is 77.2 Å². The van der Waals surface area contributed by atoms with Gasteiger partial charge in [-0.2, -0.15) is 11.8 Å². The Bertz CT molecular complexity index is 399. The Morgan fingerprint density at radius 2 is 2.14 bits per heavy atom. The second-order valence-electron chi connectivity index (χ2n) is 6.15. The Morgan fingerprint density at radius 3 is 2.67 bits per heavy atom. The first kappa shape index (κ1) is 16.4. The van der Waals surface area contributed by atoms with Crippen LogP contribution in [0.5, 0.6) is 0 Å². The molecule has 1 heterocycles. The molecule has 0 radical (unpaired) electrons. The highest BCUT2D eigenvalue weighted by atomic mass is 32.2. The fourth-order valence-electron chi connectivity index (χ4n) is 3.00. The molecule has 1 unspecified atom stereocenters. The van der Waals surface area contributed by atoms with Crippen molar-refractivity contribution in [2.24, 2.45) is 0 Å². The molecular weight excluding hydrogens is 290 g/mol. The molecule has 0 bridgehead atoms. The summed E-state index contributed by atoms with van der Waals surface area (Å²) < 4.78 is 0. The van der Waals surface area contributed by atoms with E-state index in [0.717, 1.165) is 18.6 Å². The standard InChI is InChI=1S/C14H25N3O3S/c1-16(2)14(4-3-5-14)10-15-13(20)17-6-7-21-9-11(17)8-12(18)19/h11H,3-10H2,1-2H3,(H,15,20)(H,18,19). The predicted octanol–water partition coefficient (Wildman–Crippen LogP) is 1.07. The van der Waals surface area contributed by atoms with Crippen molar-refractivity contribution < 1.29 is 14.7 Å². The smallest absolute Gasteiger partial charge is 0.317 e. The van der Waals surface area contributed by atoms with Crippen molar-refractivity contribution in [3.8, 4) is 0 Å². The average molecular weight is 315 g/mol. The summed E-state index contributed by atoms with van der Waals surface area (Å²) in [5.74, 6) is 0.741. The van der Waals surface area contributed by atoms with Gasteiger partial charge in [0, 0.05) is 30.1 Å². The zero-order valence-corrected chi connectivity index (χ0v) is 13.6. The second kappa shape index (κ2) is 6.87. The van der Waals surface area contributed by atoms with E-state index in [1.165, 1.54) is 6.42 Å². The molecule has 0 aromatic rings. The highest BCUT2D eigenvalue weighted by Gasteiger charge is 2.40. The summed E-state index contributed by atoms with van der Waals surface area (Å²) >= 11 is 1.72. The predicted molar refractivity (Wildman–Crippen MR) is 83.7 cm³/mol. The number of carboxylic acid groups (broad SMARTS) is 1. The lowest BCUT2D eigenvalue weighted by Gasteiger charge is -2.47. The quantitative estimate of drug-likeness (QED) is 0.794. The summed E-state index contributed by atoms with van der Waals surface area (Å²) in [4.78, 5) is 27.2. The summed E-state index contributed by atoms with van der Waals surface area (Å²) in [5, 5.41) is 12.0. The van der Waals surface area contributed by atoms with E-state index >= 15 is 0 Å². The van der Waals surface area contributed by atoms with E-state index in [4.69, 9.17) is 5.11 Å². The van der Waals surface area contributed by atoms with Crippen molar-refractivity contribution in [2.45, 2.75) is 37.3 Å². The molecule has 2 amide bonds. The number of urea groups is 1. The molecule has 1 saturated carbocycles. The van der Waals surface area contributed by atoms with Crippen molar-refractivity contribution in [1.82, 2.24) is 15.1 Å². The number of aliphatic carboxylic acids is 1. The number of likely N-dealkylation sites (N-methyl/N-ethyl adjacent to an activating group) is 1. The van der Waals surface area contributed by atoms with E-state index in [1.54, 1.807) is 16.7 Å². The fraction of sp³-hybridized carbons (Fsp3) is 0.857. The van der Waals surface area contributed by atoms with Gasteiger partial charge in [0.2, 0.25) is 0 Å². The molecule has 7 heteroatoms. The van der Waals surface area contributed by atoms with Gasteiger partial charge in [0.05, 0.1) is 12.5 Å². The van der Waals surface area contributed by atoms with Crippen molar-refractivity contribution in [2.75, 3.05) is 38.7 Å². The van der Waals surface area contributed by atoms with Crippen LogP contribution in [0, 0.1) is 0 Å². The van der Waals surface area contributed by atoms with Crippen LogP contribution in [0.4, 0.5) is 4.79 Å². The lowest BCUT2D eigenvalue weighted by molar-refractivity contribution is -0.138.